The summed E-state index contributed by atoms with van der Waals surface area (Å²) in [6.45, 7) is -0.192. The zero-order valence-electron chi connectivity index (χ0n) is 14.9. The van der Waals surface area contributed by atoms with Crippen molar-refractivity contribution < 1.29 is 14.3 Å². The maximum Gasteiger partial charge on any atom is 0.264 e. The van der Waals surface area contributed by atoms with Gasteiger partial charge in [-0.15, -0.1) is 10.2 Å². The van der Waals surface area contributed by atoms with E-state index < -0.39 is 0 Å². The van der Waals surface area contributed by atoms with E-state index in [1.54, 1.807) is 25.3 Å². The average molecular weight is 438 g/mol. The van der Waals surface area contributed by atoms with E-state index in [4.69, 9.17) is 32.7 Å². The number of hydrogen-bond acceptors (Lipinski definition) is 6. The molecule has 0 saturated heterocycles. The zero-order chi connectivity index (χ0) is 19.9. The predicted octanol–water partition coefficient (Wildman–Crippen LogP) is 4.66. The lowest BCUT2D eigenvalue weighted by Crippen LogP contribution is -2.20. The van der Waals surface area contributed by atoms with Crippen LogP contribution in [0.2, 0.25) is 10.0 Å². The lowest BCUT2D eigenvalue weighted by atomic mass is 10.1. The fourth-order valence-corrected chi connectivity index (χ4v) is 3.56. The van der Waals surface area contributed by atoms with Crippen molar-refractivity contribution in [1.29, 1.82) is 0 Å². The minimum atomic E-state index is -0.344. The highest BCUT2D eigenvalue weighted by Crippen LogP contribution is 2.27. The van der Waals surface area contributed by atoms with Crippen LogP contribution in [0.25, 0.3) is 0 Å². The molecule has 3 rings (SSSR count). The zero-order valence-corrected chi connectivity index (χ0v) is 17.3. The highest BCUT2D eigenvalue weighted by molar-refractivity contribution is 7.15. The van der Waals surface area contributed by atoms with Crippen LogP contribution in [0.1, 0.15) is 10.6 Å². The molecule has 0 aliphatic rings. The lowest BCUT2D eigenvalue weighted by Gasteiger charge is -2.07. The Labute approximate surface area is 176 Å². The standard InChI is InChI=1S/C19H17Cl2N3O3S/c1-26-14-6-2-12(3-7-14)4-9-18-23-24-19(28-18)22-17(25)11-27-16-8-5-13(20)10-15(16)21/h2-3,5-8,10H,4,9,11H2,1H3,(H,22,24,25). The number of aromatic nitrogens is 2. The van der Waals surface area contributed by atoms with Crippen molar-refractivity contribution in [3.63, 3.8) is 0 Å². The summed E-state index contributed by atoms with van der Waals surface area (Å²) in [5, 5.41) is 12.9. The molecule has 146 valence electrons. The largest absolute Gasteiger partial charge is 0.497 e. The Morgan fingerprint density at radius 1 is 1.11 bits per heavy atom. The average Bonchev–Trinajstić information content (AvgIpc) is 3.13. The van der Waals surface area contributed by atoms with Gasteiger partial charge < -0.3 is 9.47 Å². The van der Waals surface area contributed by atoms with Crippen LogP contribution in [0, 0.1) is 0 Å². The van der Waals surface area contributed by atoms with E-state index in [-0.39, 0.29) is 12.5 Å². The maximum atomic E-state index is 12.0. The molecule has 0 bridgehead atoms. The number of halogens is 2. The smallest absolute Gasteiger partial charge is 0.264 e. The summed E-state index contributed by atoms with van der Waals surface area (Å²) in [7, 11) is 1.64. The number of nitrogens with zero attached hydrogens (tertiary/aromatic N) is 2. The highest BCUT2D eigenvalue weighted by Gasteiger charge is 2.10. The van der Waals surface area contributed by atoms with E-state index in [9.17, 15) is 4.79 Å². The molecule has 1 aromatic heterocycles. The number of carbonyl (C=O) groups is 1. The van der Waals surface area contributed by atoms with Gasteiger partial charge in [-0.25, -0.2) is 0 Å². The van der Waals surface area contributed by atoms with Crippen molar-refractivity contribution in [2.75, 3.05) is 19.0 Å². The maximum absolute atomic E-state index is 12.0. The van der Waals surface area contributed by atoms with Gasteiger partial charge in [0.25, 0.3) is 5.91 Å². The number of hydrogen-bond donors (Lipinski definition) is 1. The molecule has 0 fully saturated rings. The van der Waals surface area contributed by atoms with E-state index in [2.05, 4.69) is 15.5 Å². The van der Waals surface area contributed by atoms with Crippen molar-refractivity contribution in [3.05, 3.63) is 63.1 Å². The summed E-state index contributed by atoms with van der Waals surface area (Å²) in [5.41, 5.74) is 1.18. The normalized spacial score (nSPS) is 10.5. The minimum Gasteiger partial charge on any atom is -0.497 e. The van der Waals surface area contributed by atoms with Gasteiger partial charge in [-0.2, -0.15) is 0 Å². The lowest BCUT2D eigenvalue weighted by molar-refractivity contribution is -0.118. The van der Waals surface area contributed by atoms with Crippen molar-refractivity contribution in [2.24, 2.45) is 0 Å². The first-order valence-corrected chi connectivity index (χ1v) is 9.94. The van der Waals surface area contributed by atoms with Crippen molar-refractivity contribution in [3.8, 4) is 11.5 Å². The van der Waals surface area contributed by atoms with Crippen LogP contribution in [-0.2, 0) is 17.6 Å². The van der Waals surface area contributed by atoms with Crippen LogP contribution in [-0.4, -0.2) is 29.8 Å². The number of methoxy groups -OCH3 is 1. The molecule has 0 unspecified atom stereocenters. The number of aryl methyl sites for hydroxylation is 2. The first kappa shape index (κ1) is 20.4. The second-order valence-corrected chi connectivity index (χ2v) is 7.67. The molecule has 0 aliphatic carbocycles. The molecule has 0 radical (unpaired) electrons. The van der Waals surface area contributed by atoms with Gasteiger partial charge in [0, 0.05) is 11.4 Å². The van der Waals surface area contributed by atoms with Gasteiger partial charge in [-0.05, 0) is 42.3 Å². The SMILES string of the molecule is COc1ccc(CCc2nnc(NC(=O)COc3ccc(Cl)cc3Cl)s2)cc1. The second-order valence-electron chi connectivity index (χ2n) is 5.76. The fraction of sp³-hybridized carbons (Fsp3) is 0.211. The molecule has 9 heteroatoms. The van der Waals surface area contributed by atoms with Gasteiger partial charge >= 0.3 is 0 Å². The van der Waals surface area contributed by atoms with Crippen molar-refractivity contribution in [1.82, 2.24) is 10.2 Å². The number of benzene rings is 2. The Balaban J connectivity index is 1.47. The fourth-order valence-electron chi connectivity index (χ4n) is 2.34. The summed E-state index contributed by atoms with van der Waals surface area (Å²) >= 11 is 13.2. The van der Waals surface area contributed by atoms with Crippen molar-refractivity contribution >= 4 is 45.6 Å². The molecule has 28 heavy (non-hydrogen) atoms. The Kier molecular flexibility index (Phi) is 7.08. The van der Waals surface area contributed by atoms with Crippen LogP contribution in [0.3, 0.4) is 0 Å². The topological polar surface area (TPSA) is 73.3 Å². The van der Waals surface area contributed by atoms with Gasteiger partial charge in [0.15, 0.2) is 6.61 Å². The van der Waals surface area contributed by atoms with E-state index in [1.807, 2.05) is 24.3 Å². The third-order valence-corrected chi connectivity index (χ3v) is 5.18. The monoisotopic (exact) mass is 437 g/mol. The first-order chi connectivity index (χ1) is 13.5. The minimum absolute atomic E-state index is 0.192. The molecule has 6 nitrogen and oxygen atoms in total. The van der Waals surface area contributed by atoms with Gasteiger partial charge in [0.1, 0.15) is 16.5 Å². The molecule has 1 N–H and O–H groups in total. The van der Waals surface area contributed by atoms with Crippen LogP contribution in [0.5, 0.6) is 11.5 Å². The molecule has 0 saturated carbocycles. The van der Waals surface area contributed by atoms with Gasteiger partial charge in [0.05, 0.1) is 12.1 Å². The molecule has 0 atom stereocenters. The van der Waals surface area contributed by atoms with Crippen LogP contribution in [0.4, 0.5) is 5.13 Å². The molecular weight excluding hydrogens is 421 g/mol. The summed E-state index contributed by atoms with van der Waals surface area (Å²) in [6, 6.07) is 12.7. The highest BCUT2D eigenvalue weighted by atomic mass is 35.5. The molecule has 0 aliphatic heterocycles. The van der Waals surface area contributed by atoms with Crippen LogP contribution in [0.15, 0.2) is 42.5 Å². The number of ether oxygens (including phenoxy) is 2. The molecule has 1 amide bonds. The number of carbonyl (C=O) groups excluding carboxylic acids is 1. The van der Waals surface area contributed by atoms with Crippen LogP contribution >= 0.6 is 34.5 Å². The van der Waals surface area contributed by atoms with E-state index in [0.29, 0.717) is 20.9 Å². The Bertz CT molecular complexity index is 948. The summed E-state index contributed by atoms with van der Waals surface area (Å²) in [4.78, 5) is 12.0. The molecular formula is C19H17Cl2N3O3S. The molecule has 2 aromatic carbocycles. The molecule has 1 heterocycles. The van der Waals surface area contributed by atoms with Crippen LogP contribution < -0.4 is 14.8 Å². The third kappa shape index (κ3) is 5.82. The molecule has 0 spiro atoms. The summed E-state index contributed by atoms with van der Waals surface area (Å²) in [5.74, 6) is 0.870. The number of rotatable bonds is 8. The van der Waals surface area contributed by atoms with E-state index >= 15 is 0 Å². The number of amides is 1. The summed E-state index contributed by atoms with van der Waals surface area (Å²) in [6.07, 6.45) is 1.56. The van der Waals surface area contributed by atoms with Gasteiger partial charge in [-0.3, -0.25) is 10.1 Å². The van der Waals surface area contributed by atoms with E-state index in [0.717, 1.165) is 23.6 Å². The van der Waals surface area contributed by atoms with E-state index in [1.165, 1.54) is 16.9 Å². The third-order valence-electron chi connectivity index (χ3n) is 3.75. The Hall–Kier alpha value is -2.35. The van der Waals surface area contributed by atoms with Gasteiger partial charge in [-0.1, -0.05) is 46.7 Å². The Morgan fingerprint density at radius 2 is 1.89 bits per heavy atom. The van der Waals surface area contributed by atoms with Gasteiger partial charge in [0.2, 0.25) is 5.13 Å². The second kappa shape index (κ2) is 9.73. The molecule has 3 aromatic rings. The first-order valence-electron chi connectivity index (χ1n) is 8.36. The quantitative estimate of drug-likeness (QED) is 0.554. The summed E-state index contributed by atoms with van der Waals surface area (Å²) < 4.78 is 10.5. The predicted molar refractivity (Wildman–Crippen MR) is 111 cm³/mol. The number of anilines is 1. The Morgan fingerprint density at radius 3 is 2.61 bits per heavy atom. The van der Waals surface area contributed by atoms with Crippen molar-refractivity contribution in [2.45, 2.75) is 12.8 Å². The number of nitrogens with one attached hydrogen (secondary N) is 1.